The maximum atomic E-state index is 4.25. The minimum Gasteiger partial charge on any atom is -0.262 e. The van der Waals surface area contributed by atoms with Crippen LogP contribution in [0.4, 0.5) is 0 Å². The highest BCUT2D eigenvalue weighted by molar-refractivity contribution is 5.27. The first-order valence-electron chi connectivity index (χ1n) is 18.6. The zero-order valence-corrected chi connectivity index (χ0v) is 35.5. The Morgan fingerprint density at radius 2 is 0.833 bits per heavy atom. The van der Waals surface area contributed by atoms with Gasteiger partial charge in [-0.15, -0.1) is 0 Å². The molecular formula is C51H71N3. The predicted molar refractivity (Wildman–Crippen MR) is 239 cm³/mol. The number of rotatable bonds is 0. The minimum absolute atomic E-state index is 0. The molecular weight excluding hydrogens is 655 g/mol. The van der Waals surface area contributed by atoms with Gasteiger partial charge >= 0.3 is 0 Å². The van der Waals surface area contributed by atoms with Gasteiger partial charge in [-0.1, -0.05) is 157 Å². The average Bonchev–Trinajstić information content (AvgIpc) is 3.10. The molecule has 0 unspecified atom stereocenters. The molecule has 0 radical (unpaired) electrons. The van der Waals surface area contributed by atoms with Gasteiger partial charge in [0, 0.05) is 35.7 Å². The molecule has 3 heteroatoms. The van der Waals surface area contributed by atoms with Gasteiger partial charge in [0.05, 0.1) is 0 Å². The van der Waals surface area contributed by atoms with Gasteiger partial charge in [-0.2, -0.15) is 0 Å². The number of aromatic nitrogens is 3. The highest BCUT2D eigenvalue weighted by Crippen LogP contribution is 2.22. The van der Waals surface area contributed by atoms with Crippen LogP contribution in [0.3, 0.4) is 0 Å². The van der Waals surface area contributed by atoms with Crippen LogP contribution >= 0.6 is 0 Å². The normalized spacial score (nSPS) is 9.98. The van der Waals surface area contributed by atoms with Gasteiger partial charge in [0.15, 0.2) is 0 Å². The smallest absolute Gasteiger partial charge is 0.0401 e. The van der Waals surface area contributed by atoms with Crippen molar-refractivity contribution in [2.24, 2.45) is 0 Å². The molecule has 3 nitrogen and oxygen atoms in total. The zero-order valence-electron chi connectivity index (χ0n) is 35.5. The summed E-state index contributed by atoms with van der Waals surface area (Å²) in [5.41, 5.74) is 14.4. The maximum absolute atomic E-state index is 4.25. The first-order valence-corrected chi connectivity index (χ1v) is 18.6. The quantitative estimate of drug-likeness (QED) is 0.156. The summed E-state index contributed by atoms with van der Waals surface area (Å²) in [5.74, 6) is 0. The highest BCUT2D eigenvalue weighted by atomic mass is 14.7. The van der Waals surface area contributed by atoms with Gasteiger partial charge < -0.3 is 0 Å². The fourth-order valence-electron chi connectivity index (χ4n) is 4.39. The second-order valence-corrected chi connectivity index (χ2v) is 15.7. The Bertz CT molecular complexity index is 1710. The number of benzene rings is 3. The van der Waals surface area contributed by atoms with Crippen LogP contribution in [0.2, 0.25) is 0 Å². The molecule has 3 aromatic carbocycles. The van der Waals surface area contributed by atoms with Crippen molar-refractivity contribution in [3.8, 4) is 0 Å². The largest absolute Gasteiger partial charge is 0.262 e. The van der Waals surface area contributed by atoms with E-state index in [9.17, 15) is 0 Å². The number of hydrogen-bond acceptors (Lipinski definition) is 3. The summed E-state index contributed by atoms with van der Waals surface area (Å²) >= 11 is 0. The third-order valence-corrected chi connectivity index (χ3v) is 8.35. The van der Waals surface area contributed by atoms with E-state index >= 15 is 0 Å². The molecule has 6 aromatic rings. The lowest BCUT2D eigenvalue weighted by Gasteiger charge is -2.18. The molecule has 0 amide bonds. The van der Waals surface area contributed by atoms with Crippen molar-refractivity contribution in [3.63, 3.8) is 0 Å². The van der Waals surface area contributed by atoms with E-state index in [4.69, 9.17) is 0 Å². The van der Waals surface area contributed by atoms with Crippen molar-refractivity contribution in [2.45, 2.75) is 122 Å². The molecule has 0 aliphatic heterocycles. The van der Waals surface area contributed by atoms with E-state index < -0.39 is 0 Å². The predicted octanol–water partition coefficient (Wildman–Crippen LogP) is 14.3. The maximum Gasteiger partial charge on any atom is 0.0401 e. The SMILES string of the molecule is C.Cc1ccc(C(C)(C)C)cc1.Cc1ccc(C(C)(C)C)cn1.Cc1ccccc1.Cc1ccccc1C.Cc1ccccn1.Cc1cnc(C)c(C)c1. The monoisotopic (exact) mass is 726 g/mol. The lowest BCUT2D eigenvalue weighted by Crippen LogP contribution is -2.11. The second-order valence-electron chi connectivity index (χ2n) is 15.7. The van der Waals surface area contributed by atoms with E-state index in [2.05, 4.69) is 177 Å². The van der Waals surface area contributed by atoms with Crippen LogP contribution in [0.5, 0.6) is 0 Å². The summed E-state index contributed by atoms with van der Waals surface area (Å²) in [6.45, 7) is 31.9. The Balaban J connectivity index is 0.000000627. The molecule has 0 bridgehead atoms. The molecule has 0 aliphatic carbocycles. The number of nitrogens with zero attached hydrogens (tertiary/aromatic N) is 3. The van der Waals surface area contributed by atoms with E-state index in [0.29, 0.717) is 0 Å². The summed E-state index contributed by atoms with van der Waals surface area (Å²) in [7, 11) is 0. The Kier molecular flexibility index (Phi) is 22.9. The molecule has 0 saturated carbocycles. The molecule has 0 spiro atoms. The van der Waals surface area contributed by atoms with Crippen molar-refractivity contribution in [2.75, 3.05) is 0 Å². The fourth-order valence-corrected chi connectivity index (χ4v) is 4.39. The first-order chi connectivity index (χ1) is 24.8. The lowest BCUT2D eigenvalue weighted by atomic mass is 9.87. The second kappa shape index (κ2) is 25.2. The molecule has 0 fully saturated rings. The Morgan fingerprint density at radius 1 is 0.370 bits per heavy atom. The van der Waals surface area contributed by atoms with Crippen LogP contribution in [0.1, 0.15) is 111 Å². The zero-order chi connectivity index (χ0) is 40.0. The molecule has 6 rings (SSSR count). The minimum atomic E-state index is 0. The third kappa shape index (κ3) is 22.2. The molecule has 0 N–H and O–H groups in total. The van der Waals surface area contributed by atoms with Crippen LogP contribution in [0.25, 0.3) is 0 Å². The Hall–Kier alpha value is -4.89. The molecule has 3 heterocycles. The fraction of sp³-hybridized carbons (Fsp3) is 0.353. The van der Waals surface area contributed by atoms with Crippen molar-refractivity contribution >= 4 is 0 Å². The molecule has 0 atom stereocenters. The number of aryl methyl sites for hydroxylation is 9. The van der Waals surface area contributed by atoms with Gasteiger partial charge in [0.2, 0.25) is 0 Å². The summed E-state index contributed by atoms with van der Waals surface area (Å²) in [5, 5.41) is 0. The topological polar surface area (TPSA) is 38.7 Å². The summed E-state index contributed by atoms with van der Waals surface area (Å²) in [6.07, 6.45) is 5.63. The lowest BCUT2D eigenvalue weighted by molar-refractivity contribution is 0.587. The van der Waals surface area contributed by atoms with Gasteiger partial charge in [-0.25, -0.2) is 0 Å². The van der Waals surface area contributed by atoms with Crippen LogP contribution in [0, 0.1) is 62.3 Å². The van der Waals surface area contributed by atoms with Crippen molar-refractivity contribution in [1.82, 2.24) is 15.0 Å². The molecule has 3 aromatic heterocycles. The van der Waals surface area contributed by atoms with E-state index in [1.807, 2.05) is 69.6 Å². The van der Waals surface area contributed by atoms with Crippen LogP contribution in [-0.4, -0.2) is 15.0 Å². The average molecular weight is 726 g/mol. The summed E-state index contributed by atoms with van der Waals surface area (Å²) < 4.78 is 0. The van der Waals surface area contributed by atoms with Gasteiger partial charge in [0.25, 0.3) is 0 Å². The molecule has 0 aliphatic rings. The van der Waals surface area contributed by atoms with Crippen molar-refractivity contribution in [1.29, 1.82) is 0 Å². The Labute approximate surface area is 331 Å². The molecule has 290 valence electrons. The standard InChI is InChI=1S/C11H16.C10H15N.C8H11N.C8H10.C7H8.C6H7N.CH4/c1-9-5-7-10(8-6-9)11(2,3)4;1-8-5-6-9(7-11-8)10(2,3)4;1-6-4-7(2)8(3)9-5-6;1-7-5-3-4-6-8(7)2;1-7-5-3-2-4-6-7;1-6-4-2-3-5-7-6;/h5-8H,1-4H3;5-7H,1-4H3;4-5H,1-3H3;3-6H,1-2H3;2-6H,1H3;2-5H,1H3;1H4. The first kappa shape index (κ1) is 49.1. The summed E-state index contributed by atoms with van der Waals surface area (Å²) in [6, 6.07) is 39.6. The van der Waals surface area contributed by atoms with E-state index in [1.54, 1.807) is 6.20 Å². The number of hydrogen-bond donors (Lipinski definition) is 0. The van der Waals surface area contributed by atoms with E-state index in [-0.39, 0.29) is 18.3 Å². The van der Waals surface area contributed by atoms with Crippen LogP contribution < -0.4 is 0 Å². The van der Waals surface area contributed by atoms with Crippen molar-refractivity contribution in [3.05, 3.63) is 195 Å². The summed E-state index contributed by atoms with van der Waals surface area (Å²) in [4.78, 5) is 12.4. The molecule has 54 heavy (non-hydrogen) atoms. The highest BCUT2D eigenvalue weighted by Gasteiger charge is 2.13. The Morgan fingerprint density at radius 3 is 1.17 bits per heavy atom. The van der Waals surface area contributed by atoms with Crippen molar-refractivity contribution < 1.29 is 0 Å². The van der Waals surface area contributed by atoms with E-state index in [1.165, 1.54) is 44.5 Å². The van der Waals surface area contributed by atoms with Gasteiger partial charge in [-0.05, 0) is 125 Å². The van der Waals surface area contributed by atoms with Gasteiger partial charge in [-0.3, -0.25) is 15.0 Å². The van der Waals surface area contributed by atoms with Gasteiger partial charge in [0.1, 0.15) is 0 Å². The third-order valence-electron chi connectivity index (χ3n) is 8.35. The van der Waals surface area contributed by atoms with E-state index in [0.717, 1.165) is 17.1 Å². The van der Waals surface area contributed by atoms with Crippen LogP contribution in [-0.2, 0) is 10.8 Å². The molecule has 0 saturated heterocycles. The number of pyridine rings is 3. The van der Waals surface area contributed by atoms with Crippen LogP contribution in [0.15, 0.2) is 134 Å².